The fraction of sp³-hybridized carbons (Fsp3) is 0.952. The molecule has 6 aliphatic carbocycles. The highest BCUT2D eigenvalue weighted by Crippen LogP contribution is 2.62. The molecular weight excluding hydrogens is 284 g/mol. The summed E-state index contributed by atoms with van der Waals surface area (Å²) in [4.78, 5) is 12.9. The lowest BCUT2D eigenvalue weighted by Crippen LogP contribution is -2.48. The fourth-order valence-corrected chi connectivity index (χ4v) is 8.10. The second-order valence-electron chi connectivity index (χ2n) is 10.1. The highest BCUT2D eigenvalue weighted by atomic mass is 16.6. The molecule has 6 saturated carbocycles. The summed E-state index contributed by atoms with van der Waals surface area (Å²) in [6, 6.07) is 0. The molecule has 6 aliphatic rings. The van der Waals surface area contributed by atoms with E-state index < -0.39 is 0 Å². The first-order valence-corrected chi connectivity index (χ1v) is 10.3. The Morgan fingerprint density at radius 2 is 1.57 bits per heavy atom. The van der Waals surface area contributed by atoms with Gasteiger partial charge in [0, 0.05) is 0 Å². The van der Waals surface area contributed by atoms with Gasteiger partial charge in [0.05, 0.1) is 6.42 Å². The van der Waals surface area contributed by atoms with E-state index in [0.29, 0.717) is 11.3 Å². The van der Waals surface area contributed by atoms with Crippen LogP contribution in [0.15, 0.2) is 0 Å². The maximum Gasteiger partial charge on any atom is 0.306 e. The lowest BCUT2D eigenvalue weighted by atomic mass is 9.49. The number of carbonyl (C=O) groups excluding carboxylic acids is 1. The number of rotatable bonds is 4. The van der Waals surface area contributed by atoms with Crippen molar-refractivity contribution in [2.24, 2.45) is 35.0 Å². The number of carbonyl (C=O) groups is 1. The van der Waals surface area contributed by atoms with Crippen LogP contribution in [0.2, 0.25) is 0 Å². The number of hydrogen-bond donors (Lipinski definition) is 0. The third kappa shape index (κ3) is 2.30. The van der Waals surface area contributed by atoms with Crippen LogP contribution in [0.25, 0.3) is 0 Å². The maximum absolute atomic E-state index is 12.9. The molecule has 23 heavy (non-hydrogen) atoms. The Morgan fingerprint density at radius 1 is 0.913 bits per heavy atom. The smallest absolute Gasteiger partial charge is 0.306 e. The van der Waals surface area contributed by atoms with Crippen molar-refractivity contribution in [3.8, 4) is 0 Å². The van der Waals surface area contributed by atoms with Crippen molar-refractivity contribution in [2.45, 2.75) is 89.6 Å². The van der Waals surface area contributed by atoms with Crippen molar-refractivity contribution in [1.29, 1.82) is 0 Å². The summed E-state index contributed by atoms with van der Waals surface area (Å²) < 4.78 is 6.28. The summed E-state index contributed by atoms with van der Waals surface area (Å²) in [5.74, 6) is 4.44. The second-order valence-corrected chi connectivity index (χ2v) is 10.1. The third-order valence-electron chi connectivity index (χ3n) is 8.52. The summed E-state index contributed by atoms with van der Waals surface area (Å²) in [6.45, 7) is 2.23. The van der Waals surface area contributed by atoms with Crippen LogP contribution in [0.4, 0.5) is 0 Å². The van der Waals surface area contributed by atoms with E-state index in [0.717, 1.165) is 42.9 Å². The lowest BCUT2D eigenvalue weighted by molar-refractivity contribution is -0.173. The summed E-state index contributed by atoms with van der Waals surface area (Å²) in [7, 11) is 0. The van der Waals surface area contributed by atoms with Gasteiger partial charge in [-0.25, -0.2) is 0 Å². The first-order chi connectivity index (χ1) is 11.1. The quantitative estimate of drug-likeness (QED) is 0.674. The van der Waals surface area contributed by atoms with Crippen LogP contribution in [0.5, 0.6) is 0 Å². The first kappa shape index (κ1) is 14.8. The molecule has 0 aromatic carbocycles. The van der Waals surface area contributed by atoms with Gasteiger partial charge in [0.25, 0.3) is 0 Å². The zero-order valence-corrected chi connectivity index (χ0v) is 14.7. The van der Waals surface area contributed by atoms with E-state index in [4.69, 9.17) is 4.74 Å². The van der Waals surface area contributed by atoms with Crippen LogP contribution in [0.3, 0.4) is 0 Å². The van der Waals surface area contributed by atoms with Crippen LogP contribution in [0.1, 0.15) is 84.0 Å². The van der Waals surface area contributed by atoms with Gasteiger partial charge in [0.2, 0.25) is 0 Å². The number of hydrogen-bond acceptors (Lipinski definition) is 2. The van der Waals surface area contributed by atoms with Gasteiger partial charge >= 0.3 is 5.97 Å². The van der Waals surface area contributed by atoms with Gasteiger partial charge in [-0.3, -0.25) is 4.79 Å². The van der Waals surface area contributed by atoms with E-state index >= 15 is 0 Å². The van der Waals surface area contributed by atoms with Crippen molar-refractivity contribution < 1.29 is 9.53 Å². The molecule has 0 N–H and O–H groups in total. The minimum atomic E-state index is -0.0811. The van der Waals surface area contributed by atoms with Gasteiger partial charge in [0.1, 0.15) is 5.60 Å². The van der Waals surface area contributed by atoms with Gasteiger partial charge in [-0.05, 0) is 106 Å². The van der Waals surface area contributed by atoms with Crippen molar-refractivity contribution in [3.05, 3.63) is 0 Å². The molecule has 0 amide bonds. The molecule has 0 aliphatic heterocycles. The zero-order valence-electron chi connectivity index (χ0n) is 14.7. The molecule has 2 nitrogen and oxygen atoms in total. The van der Waals surface area contributed by atoms with Crippen molar-refractivity contribution in [1.82, 2.24) is 0 Å². The minimum Gasteiger partial charge on any atom is -0.459 e. The molecule has 2 heteroatoms. The lowest BCUT2D eigenvalue weighted by Gasteiger charge is -2.56. The SMILES string of the molecule is CC[C@]1(OC(=O)CC23CC4CC(CC(C4)C2)C3)C[C@@H]2CC[C@H]1C2. The summed E-state index contributed by atoms with van der Waals surface area (Å²) >= 11 is 0. The normalized spacial score (nSPS) is 53.0. The molecule has 0 spiro atoms. The van der Waals surface area contributed by atoms with E-state index in [1.165, 1.54) is 57.8 Å². The Bertz CT molecular complexity index is 475. The van der Waals surface area contributed by atoms with E-state index in [9.17, 15) is 4.79 Å². The number of esters is 1. The van der Waals surface area contributed by atoms with E-state index in [-0.39, 0.29) is 11.6 Å². The van der Waals surface area contributed by atoms with Gasteiger partial charge < -0.3 is 4.74 Å². The second kappa shape index (κ2) is 4.99. The summed E-state index contributed by atoms with van der Waals surface area (Å²) in [5, 5.41) is 0. The van der Waals surface area contributed by atoms with Crippen molar-refractivity contribution >= 4 is 5.97 Å². The minimum absolute atomic E-state index is 0.0811. The van der Waals surface area contributed by atoms with Gasteiger partial charge in [-0.2, -0.15) is 0 Å². The fourth-order valence-electron chi connectivity index (χ4n) is 8.10. The topological polar surface area (TPSA) is 26.3 Å². The molecular formula is C21H32O2. The van der Waals surface area contributed by atoms with Gasteiger partial charge in [-0.1, -0.05) is 6.92 Å². The summed E-state index contributed by atoms with van der Waals surface area (Å²) in [5.41, 5.74) is 0.251. The van der Waals surface area contributed by atoms with E-state index in [1.807, 2.05) is 0 Å². The molecule has 6 fully saturated rings. The maximum atomic E-state index is 12.9. The molecule has 0 radical (unpaired) electrons. The molecule has 0 saturated heterocycles. The third-order valence-corrected chi connectivity index (χ3v) is 8.52. The standard InChI is InChI=1S/C21H32O2/c1-2-21(12-14-3-4-18(21)8-14)23-19(22)13-20-9-15-5-16(10-20)7-17(6-15)11-20/h14-18H,2-13H2,1H3/t14-,15?,16?,17?,18+,20?,21+/m1/s1. The molecule has 0 aromatic heterocycles. The van der Waals surface area contributed by atoms with Gasteiger partial charge in [0.15, 0.2) is 0 Å². The Balaban J connectivity index is 1.29. The molecule has 0 unspecified atom stereocenters. The zero-order chi connectivity index (χ0) is 15.7. The highest BCUT2D eigenvalue weighted by molar-refractivity contribution is 5.71. The van der Waals surface area contributed by atoms with Gasteiger partial charge in [-0.15, -0.1) is 0 Å². The van der Waals surface area contributed by atoms with Crippen molar-refractivity contribution in [2.75, 3.05) is 0 Å². The average molecular weight is 316 g/mol. The van der Waals surface area contributed by atoms with Crippen LogP contribution in [0, 0.1) is 35.0 Å². The summed E-state index contributed by atoms with van der Waals surface area (Å²) in [6.07, 6.45) is 15.2. The largest absolute Gasteiger partial charge is 0.459 e. The highest BCUT2D eigenvalue weighted by Gasteiger charge is 2.55. The molecule has 6 bridgehead atoms. The molecule has 0 heterocycles. The first-order valence-electron chi connectivity index (χ1n) is 10.3. The van der Waals surface area contributed by atoms with Crippen LogP contribution < -0.4 is 0 Å². The predicted molar refractivity (Wildman–Crippen MR) is 89.8 cm³/mol. The Kier molecular flexibility index (Phi) is 3.21. The molecule has 128 valence electrons. The number of ether oxygens (including phenoxy) is 1. The Hall–Kier alpha value is -0.530. The van der Waals surface area contributed by atoms with Crippen LogP contribution in [-0.4, -0.2) is 11.6 Å². The van der Waals surface area contributed by atoms with E-state index in [2.05, 4.69) is 6.92 Å². The van der Waals surface area contributed by atoms with Crippen molar-refractivity contribution in [3.63, 3.8) is 0 Å². The van der Waals surface area contributed by atoms with Crippen LogP contribution in [-0.2, 0) is 9.53 Å². The average Bonchev–Trinajstić information content (AvgIpc) is 3.05. The van der Waals surface area contributed by atoms with Crippen LogP contribution >= 0.6 is 0 Å². The molecule has 0 aromatic rings. The molecule has 6 rings (SSSR count). The Labute approximate surface area is 140 Å². The monoisotopic (exact) mass is 316 g/mol. The Morgan fingerprint density at radius 3 is 2.04 bits per heavy atom. The molecule has 3 atom stereocenters. The predicted octanol–water partition coefficient (Wildman–Crippen LogP) is 5.10. The van der Waals surface area contributed by atoms with E-state index in [1.54, 1.807) is 0 Å². The number of fused-ring (bicyclic) bond motifs is 2.